The van der Waals surface area contributed by atoms with Crippen LogP contribution in [0.1, 0.15) is 34.3 Å². The molecule has 1 fully saturated rings. The summed E-state index contributed by atoms with van der Waals surface area (Å²) in [5, 5.41) is 6.85. The first-order chi connectivity index (χ1) is 12.0. The lowest BCUT2D eigenvalue weighted by Crippen LogP contribution is -2.37. The second kappa shape index (κ2) is 7.23. The van der Waals surface area contributed by atoms with Crippen molar-refractivity contribution in [1.82, 2.24) is 10.3 Å². The van der Waals surface area contributed by atoms with Crippen LogP contribution in [0.5, 0.6) is 0 Å². The molecule has 2 N–H and O–H groups in total. The Labute approximate surface area is 151 Å². The molecule has 0 bridgehead atoms. The molecule has 1 aliphatic rings. The van der Waals surface area contributed by atoms with Crippen LogP contribution in [0.25, 0.3) is 0 Å². The first-order valence-corrected chi connectivity index (χ1v) is 9.18. The van der Waals surface area contributed by atoms with E-state index < -0.39 is 0 Å². The molecule has 1 aromatic carbocycles. The van der Waals surface area contributed by atoms with E-state index in [2.05, 4.69) is 15.6 Å². The number of nitrogens with one attached hydrogen (secondary N) is 2. The highest BCUT2D eigenvalue weighted by molar-refractivity contribution is 7.17. The first-order valence-electron chi connectivity index (χ1n) is 8.37. The van der Waals surface area contributed by atoms with Crippen LogP contribution < -0.4 is 15.5 Å². The zero-order valence-corrected chi connectivity index (χ0v) is 15.4. The summed E-state index contributed by atoms with van der Waals surface area (Å²) in [5.41, 5.74) is 2.69. The largest absolute Gasteiger partial charge is 0.362 e. The third-order valence-electron chi connectivity index (χ3n) is 4.10. The Morgan fingerprint density at radius 1 is 1.40 bits per heavy atom. The fraction of sp³-hybridized carbons (Fsp3) is 0.389. The first kappa shape index (κ1) is 17.4. The van der Waals surface area contributed by atoms with E-state index in [0.717, 1.165) is 22.9 Å². The van der Waals surface area contributed by atoms with Crippen molar-refractivity contribution in [2.24, 2.45) is 0 Å². The summed E-state index contributed by atoms with van der Waals surface area (Å²) in [5.74, 6) is -0.131. The van der Waals surface area contributed by atoms with Crippen molar-refractivity contribution in [2.75, 3.05) is 23.3 Å². The highest BCUT2D eigenvalue weighted by atomic mass is 32.1. The highest BCUT2D eigenvalue weighted by Gasteiger charge is 2.32. The van der Waals surface area contributed by atoms with Gasteiger partial charge in [-0.2, -0.15) is 0 Å². The lowest BCUT2D eigenvalue weighted by atomic mass is 10.2. The van der Waals surface area contributed by atoms with Crippen LogP contribution >= 0.6 is 11.3 Å². The average Bonchev–Trinajstić information content (AvgIpc) is 3.10. The maximum atomic E-state index is 12.5. The molecule has 1 aromatic heterocycles. The maximum Gasteiger partial charge on any atom is 0.263 e. The molecule has 0 spiro atoms. The number of amides is 2. The second-order valence-electron chi connectivity index (χ2n) is 6.18. The van der Waals surface area contributed by atoms with Crippen molar-refractivity contribution in [3.05, 3.63) is 40.4 Å². The molecule has 25 heavy (non-hydrogen) atoms. The topological polar surface area (TPSA) is 74.3 Å². The van der Waals surface area contributed by atoms with Gasteiger partial charge in [-0.05, 0) is 38.5 Å². The zero-order valence-electron chi connectivity index (χ0n) is 14.6. The molecule has 0 unspecified atom stereocenters. The number of thiazole rings is 1. The number of aromatic nitrogens is 1. The van der Waals surface area contributed by atoms with Gasteiger partial charge in [0.05, 0.1) is 11.7 Å². The minimum Gasteiger partial charge on any atom is -0.362 e. The second-order valence-corrected chi connectivity index (χ2v) is 7.18. The van der Waals surface area contributed by atoms with Gasteiger partial charge in [-0.1, -0.05) is 23.5 Å². The van der Waals surface area contributed by atoms with E-state index in [1.807, 2.05) is 45.0 Å². The van der Waals surface area contributed by atoms with Gasteiger partial charge in [0, 0.05) is 25.2 Å². The Kier molecular flexibility index (Phi) is 5.03. The Morgan fingerprint density at radius 3 is 2.92 bits per heavy atom. The Bertz CT molecular complexity index is 802. The van der Waals surface area contributed by atoms with E-state index >= 15 is 0 Å². The molecule has 1 aliphatic heterocycles. The smallest absolute Gasteiger partial charge is 0.263 e. The van der Waals surface area contributed by atoms with Gasteiger partial charge in [0.25, 0.3) is 5.91 Å². The number of benzene rings is 1. The van der Waals surface area contributed by atoms with Crippen molar-refractivity contribution in [3.63, 3.8) is 0 Å². The number of anilines is 2. The van der Waals surface area contributed by atoms with Crippen molar-refractivity contribution in [1.29, 1.82) is 0 Å². The zero-order chi connectivity index (χ0) is 18.0. The van der Waals surface area contributed by atoms with Gasteiger partial charge in [0.15, 0.2) is 5.13 Å². The number of carbonyl (C=O) groups excluding carboxylic acids is 2. The van der Waals surface area contributed by atoms with Crippen LogP contribution in [0, 0.1) is 13.8 Å². The summed E-state index contributed by atoms with van der Waals surface area (Å²) in [6, 6.07) is 7.65. The fourth-order valence-corrected chi connectivity index (χ4v) is 3.87. The van der Waals surface area contributed by atoms with Gasteiger partial charge in [-0.15, -0.1) is 0 Å². The number of nitrogens with zero attached hydrogens (tertiary/aromatic N) is 2. The van der Waals surface area contributed by atoms with Gasteiger partial charge in [0.1, 0.15) is 4.88 Å². The number of aryl methyl sites for hydroxylation is 2. The van der Waals surface area contributed by atoms with E-state index in [4.69, 9.17) is 0 Å². The Balaban J connectivity index is 1.68. The summed E-state index contributed by atoms with van der Waals surface area (Å²) in [6.45, 7) is 7.06. The molecule has 7 heteroatoms. The van der Waals surface area contributed by atoms with Crippen molar-refractivity contribution in [2.45, 2.75) is 33.2 Å². The quantitative estimate of drug-likeness (QED) is 0.862. The monoisotopic (exact) mass is 358 g/mol. The van der Waals surface area contributed by atoms with E-state index in [1.54, 1.807) is 4.90 Å². The third-order valence-corrected chi connectivity index (χ3v) is 5.22. The van der Waals surface area contributed by atoms with Crippen LogP contribution in [0.15, 0.2) is 24.3 Å². The van der Waals surface area contributed by atoms with Crippen LogP contribution in [0.3, 0.4) is 0 Å². The van der Waals surface area contributed by atoms with E-state index in [1.165, 1.54) is 11.3 Å². The van der Waals surface area contributed by atoms with Crippen LogP contribution in [-0.4, -0.2) is 35.9 Å². The minimum atomic E-state index is -0.190. The standard InChI is InChI=1S/C18H22N4O2S/c1-4-19-18-20-12(3)16(25-18)17(24)21-13-9-15(23)22(10-13)14-7-5-6-11(2)8-14/h5-8,13H,4,9-10H2,1-3H3,(H,19,20)(H,21,24)/t13-/m1/s1. The van der Waals surface area contributed by atoms with Crippen molar-refractivity contribution < 1.29 is 9.59 Å². The third kappa shape index (κ3) is 3.82. The molecule has 6 nitrogen and oxygen atoms in total. The molecule has 0 saturated carbocycles. The molecule has 2 amide bonds. The van der Waals surface area contributed by atoms with Crippen molar-refractivity contribution >= 4 is 34.0 Å². The SMILES string of the molecule is CCNc1nc(C)c(C(=O)N[C@@H]2CC(=O)N(c3cccc(C)c3)C2)s1. The van der Waals surface area contributed by atoms with Crippen LogP contribution in [-0.2, 0) is 4.79 Å². The molecule has 0 radical (unpaired) electrons. The molecular formula is C18H22N4O2S. The Hall–Kier alpha value is -2.41. The predicted octanol–water partition coefficient (Wildman–Crippen LogP) is 2.73. The van der Waals surface area contributed by atoms with Gasteiger partial charge in [0.2, 0.25) is 5.91 Å². The lowest BCUT2D eigenvalue weighted by molar-refractivity contribution is -0.117. The molecule has 3 rings (SSSR count). The van der Waals surface area contributed by atoms with E-state index in [9.17, 15) is 9.59 Å². The summed E-state index contributed by atoms with van der Waals surface area (Å²) in [4.78, 5) is 31.6. The summed E-state index contributed by atoms with van der Waals surface area (Å²) in [6.07, 6.45) is 0.317. The van der Waals surface area contributed by atoms with E-state index in [-0.39, 0.29) is 17.9 Å². The van der Waals surface area contributed by atoms with Crippen LogP contribution in [0.2, 0.25) is 0 Å². The lowest BCUT2D eigenvalue weighted by Gasteiger charge is -2.17. The van der Waals surface area contributed by atoms with E-state index in [0.29, 0.717) is 23.5 Å². The van der Waals surface area contributed by atoms with Gasteiger partial charge in [-0.25, -0.2) is 4.98 Å². The molecule has 132 valence electrons. The summed E-state index contributed by atoms with van der Waals surface area (Å²) < 4.78 is 0. The fourth-order valence-electron chi connectivity index (χ4n) is 2.93. The maximum absolute atomic E-state index is 12.5. The number of hydrogen-bond acceptors (Lipinski definition) is 5. The Morgan fingerprint density at radius 2 is 2.20 bits per heavy atom. The van der Waals surface area contributed by atoms with Gasteiger partial charge >= 0.3 is 0 Å². The average molecular weight is 358 g/mol. The predicted molar refractivity (Wildman–Crippen MR) is 100 cm³/mol. The molecular weight excluding hydrogens is 336 g/mol. The normalized spacial score (nSPS) is 17.0. The molecule has 0 aliphatic carbocycles. The van der Waals surface area contributed by atoms with Crippen LogP contribution in [0.4, 0.5) is 10.8 Å². The molecule has 1 saturated heterocycles. The number of carbonyl (C=O) groups is 2. The summed E-state index contributed by atoms with van der Waals surface area (Å²) in [7, 11) is 0. The minimum absolute atomic E-state index is 0.0327. The van der Waals surface area contributed by atoms with Gasteiger partial charge < -0.3 is 15.5 Å². The highest BCUT2D eigenvalue weighted by Crippen LogP contribution is 2.25. The molecule has 2 heterocycles. The van der Waals surface area contributed by atoms with Crippen molar-refractivity contribution in [3.8, 4) is 0 Å². The number of hydrogen-bond donors (Lipinski definition) is 2. The summed E-state index contributed by atoms with van der Waals surface area (Å²) >= 11 is 1.34. The van der Waals surface area contributed by atoms with Gasteiger partial charge in [-0.3, -0.25) is 9.59 Å². The molecule has 1 atom stereocenters. The molecule has 2 aromatic rings. The number of rotatable bonds is 5.